The van der Waals surface area contributed by atoms with E-state index < -0.39 is 23.8 Å². The molecule has 2 N–H and O–H groups in total. The molecule has 0 aromatic heterocycles. The topological polar surface area (TPSA) is 119 Å². The van der Waals surface area contributed by atoms with Crippen LogP contribution in [0.3, 0.4) is 0 Å². The van der Waals surface area contributed by atoms with Crippen molar-refractivity contribution in [1.82, 2.24) is 4.90 Å². The van der Waals surface area contributed by atoms with E-state index in [-0.39, 0.29) is 63.1 Å². The number of halogens is 1. The van der Waals surface area contributed by atoms with Crippen LogP contribution in [0.25, 0.3) is 0 Å². The van der Waals surface area contributed by atoms with Gasteiger partial charge in [-0.25, -0.2) is 4.79 Å². The molecule has 1 saturated carbocycles. The predicted molar refractivity (Wildman–Crippen MR) is 238 cm³/mol. The van der Waals surface area contributed by atoms with Gasteiger partial charge in [0.2, 0.25) is 5.79 Å². The first-order valence-electron chi connectivity index (χ1n) is 21.5. The number of aliphatic hydroxyl groups is 2. The Labute approximate surface area is 364 Å². The van der Waals surface area contributed by atoms with Crippen LogP contribution in [-0.4, -0.2) is 90.0 Å². The smallest absolute Gasteiger partial charge is 0.410 e. The lowest BCUT2D eigenvalue weighted by Crippen LogP contribution is -2.70. The summed E-state index contributed by atoms with van der Waals surface area (Å²) in [5.74, 6) is 0.603. The van der Waals surface area contributed by atoms with E-state index in [0.717, 1.165) is 59.6 Å². The third kappa shape index (κ3) is 11.1. The molecule has 1 fully saturated rings. The Morgan fingerprint density at radius 1 is 1.02 bits per heavy atom. The molecule has 0 radical (unpaired) electrons. The molecule has 3 aliphatic rings. The Hall–Kier alpha value is -4.00. The van der Waals surface area contributed by atoms with Crippen LogP contribution in [0.15, 0.2) is 113 Å². The van der Waals surface area contributed by atoms with Crippen LogP contribution in [0, 0.1) is 17.8 Å². The van der Waals surface area contributed by atoms with Crippen molar-refractivity contribution in [2.75, 3.05) is 51.2 Å². The van der Waals surface area contributed by atoms with Crippen LogP contribution in [-0.2, 0) is 20.9 Å². The summed E-state index contributed by atoms with van der Waals surface area (Å²) in [7, 11) is 0. The molecule has 12 heteroatoms. The number of ether oxygens (including phenoxy) is 4. The third-order valence-corrected chi connectivity index (χ3v) is 12.8. The lowest BCUT2D eigenvalue weighted by molar-refractivity contribution is -0.255. The lowest BCUT2D eigenvalue weighted by atomic mass is 9.55. The van der Waals surface area contributed by atoms with Gasteiger partial charge in [-0.3, -0.25) is 4.90 Å². The van der Waals surface area contributed by atoms with Crippen molar-refractivity contribution in [3.63, 3.8) is 0 Å². The third-order valence-electron chi connectivity index (χ3n) is 11.6. The van der Waals surface area contributed by atoms with E-state index in [1.54, 1.807) is 22.7 Å². The number of nitrogens with zero attached hydrogens (tertiary/aromatic N) is 2. The number of oxime groups is 1. The van der Waals surface area contributed by atoms with E-state index in [1.807, 2.05) is 67.6 Å². The highest BCUT2D eigenvalue weighted by molar-refractivity contribution is 7.99. The van der Waals surface area contributed by atoms with Crippen LogP contribution in [0.1, 0.15) is 75.3 Å². The highest BCUT2D eigenvalue weighted by Crippen LogP contribution is 2.62. The zero-order valence-corrected chi connectivity index (χ0v) is 36.4. The molecule has 0 spiro atoms. The van der Waals surface area contributed by atoms with Gasteiger partial charge in [-0.2, -0.15) is 0 Å². The number of carbonyl (C=O) groups excluding carboxylic acids is 1. The number of benzene rings is 3. The molecular formula is C48H61ClN2O8S. The second-order valence-corrected chi connectivity index (χ2v) is 17.1. The zero-order chi connectivity index (χ0) is 42.2. The van der Waals surface area contributed by atoms with E-state index in [4.69, 9.17) is 40.5 Å². The normalized spacial score (nSPS) is 23.4. The Morgan fingerprint density at radius 2 is 1.77 bits per heavy atom. The standard InChI is InChI=1S/C48H61ClN2O8S/c1-3-24-51(47(54)56-28-23-49)44-33-42(50-58-34-35-15-7-5-8-16-35)40-31-36(17-11-13-25-52)39(20-12-14-26-53)45-41-32-37(55-29-30-60-38-18-9-6-10-19-38)21-22-43(41)59-48(44,46(40)45)57-27-4-2/h4-10,15-16,18-19,21-22,31-32,36,39,44-46,52-53H,2-3,11-14,17,20,23-30,33-34H2,1H3/t36-,39+,44-,45+,46+,48+/m0/s1. The molecule has 0 saturated heterocycles. The summed E-state index contributed by atoms with van der Waals surface area (Å²) in [6, 6.07) is 25.6. The summed E-state index contributed by atoms with van der Waals surface area (Å²) in [4.78, 5) is 23.3. The summed E-state index contributed by atoms with van der Waals surface area (Å²) in [5.41, 5.74) is 3.70. The summed E-state index contributed by atoms with van der Waals surface area (Å²) >= 11 is 7.79. The molecule has 60 heavy (non-hydrogen) atoms. The molecule has 1 aliphatic heterocycles. The average Bonchev–Trinajstić information content (AvgIpc) is 3.27. The average molecular weight is 862 g/mol. The van der Waals surface area contributed by atoms with Gasteiger partial charge in [0.25, 0.3) is 0 Å². The van der Waals surface area contributed by atoms with Gasteiger partial charge >= 0.3 is 6.09 Å². The van der Waals surface area contributed by atoms with Crippen LogP contribution >= 0.6 is 23.4 Å². The maximum Gasteiger partial charge on any atom is 0.410 e. The van der Waals surface area contributed by atoms with Crippen molar-refractivity contribution in [2.24, 2.45) is 22.9 Å². The number of aliphatic hydroxyl groups excluding tert-OH is 2. The largest absolute Gasteiger partial charge is 0.493 e. The van der Waals surface area contributed by atoms with Crippen molar-refractivity contribution >= 4 is 35.2 Å². The number of thioether (sulfide) groups is 1. The summed E-state index contributed by atoms with van der Waals surface area (Å²) < 4.78 is 26.5. The fraction of sp³-hybridized carbons (Fsp3) is 0.500. The minimum atomic E-state index is -1.37. The molecule has 10 nitrogen and oxygen atoms in total. The number of unbranched alkanes of at least 4 members (excludes halogenated alkanes) is 2. The molecule has 0 bridgehead atoms. The van der Waals surface area contributed by atoms with E-state index >= 15 is 0 Å². The molecule has 3 aromatic rings. The molecule has 2 aliphatic carbocycles. The maximum absolute atomic E-state index is 14.1. The highest BCUT2D eigenvalue weighted by Gasteiger charge is 2.65. The number of amides is 1. The molecule has 1 amide bonds. The first-order chi connectivity index (χ1) is 29.5. The minimum Gasteiger partial charge on any atom is -0.493 e. The van der Waals surface area contributed by atoms with Crippen LogP contribution < -0.4 is 9.47 Å². The van der Waals surface area contributed by atoms with Crippen LogP contribution in [0.2, 0.25) is 0 Å². The summed E-state index contributed by atoms with van der Waals surface area (Å²) in [5, 5.41) is 24.8. The fourth-order valence-electron chi connectivity index (χ4n) is 9.16. The monoisotopic (exact) mass is 860 g/mol. The van der Waals surface area contributed by atoms with E-state index in [2.05, 4.69) is 30.9 Å². The molecule has 0 unspecified atom stereocenters. The van der Waals surface area contributed by atoms with E-state index in [0.29, 0.717) is 38.2 Å². The quantitative estimate of drug-likeness (QED) is 0.0298. The lowest BCUT2D eigenvalue weighted by Gasteiger charge is -2.59. The highest BCUT2D eigenvalue weighted by atomic mass is 35.5. The molecule has 1 heterocycles. The van der Waals surface area contributed by atoms with Gasteiger partial charge in [0.1, 0.15) is 30.8 Å². The van der Waals surface area contributed by atoms with E-state index in [9.17, 15) is 15.0 Å². The second kappa shape index (κ2) is 23.3. The van der Waals surface area contributed by atoms with Gasteiger partial charge < -0.3 is 34.0 Å². The number of carbonyl (C=O) groups is 1. The van der Waals surface area contributed by atoms with Gasteiger partial charge in [0.05, 0.1) is 30.7 Å². The van der Waals surface area contributed by atoms with Crippen molar-refractivity contribution in [1.29, 1.82) is 0 Å². The van der Waals surface area contributed by atoms with Gasteiger partial charge in [-0.05, 0) is 85.4 Å². The number of fused-ring (bicyclic) bond motifs is 2. The Kier molecular flexibility index (Phi) is 17.7. The zero-order valence-electron chi connectivity index (χ0n) is 34.8. The SMILES string of the molecule is C=CCO[C@@]12Oc3ccc(OCCSc4ccccc4)cc3[C@H]3[C@H](CCCCO)[C@@H](CCCCO)C=C(C(=NOCc4ccccc4)C[C@@H]1N(CCC)C(=O)OCCCl)[C@H]32. The van der Waals surface area contributed by atoms with Crippen molar-refractivity contribution in [3.05, 3.63) is 114 Å². The summed E-state index contributed by atoms with van der Waals surface area (Å²) in [6.45, 7) is 7.69. The van der Waals surface area contributed by atoms with Crippen molar-refractivity contribution in [2.45, 2.75) is 87.5 Å². The molecule has 3 aromatic carbocycles. The fourth-order valence-corrected chi connectivity index (χ4v) is 9.99. The van der Waals surface area contributed by atoms with Crippen LogP contribution in [0.4, 0.5) is 4.79 Å². The molecule has 6 rings (SSSR count). The summed E-state index contributed by atoms with van der Waals surface area (Å²) in [6.07, 6.45) is 9.25. The van der Waals surface area contributed by atoms with Gasteiger partial charge in [-0.1, -0.05) is 85.6 Å². The predicted octanol–water partition coefficient (Wildman–Crippen LogP) is 9.78. The minimum absolute atomic E-state index is 0.0605. The van der Waals surface area contributed by atoms with Gasteiger partial charge in [0.15, 0.2) is 0 Å². The van der Waals surface area contributed by atoms with E-state index in [1.165, 1.54) is 4.90 Å². The Balaban J connectivity index is 1.50. The number of rotatable bonds is 24. The number of alkyl halides is 1. The maximum atomic E-state index is 14.1. The molecule has 6 atom stereocenters. The van der Waals surface area contributed by atoms with Crippen molar-refractivity contribution < 1.29 is 38.8 Å². The Morgan fingerprint density at radius 3 is 2.48 bits per heavy atom. The second-order valence-electron chi connectivity index (χ2n) is 15.5. The van der Waals surface area contributed by atoms with Crippen LogP contribution in [0.5, 0.6) is 11.5 Å². The van der Waals surface area contributed by atoms with Crippen molar-refractivity contribution in [3.8, 4) is 11.5 Å². The molecule has 324 valence electrons. The number of hydrogen-bond acceptors (Lipinski definition) is 10. The molecular weight excluding hydrogens is 800 g/mol. The first-order valence-corrected chi connectivity index (χ1v) is 23.0. The van der Waals surface area contributed by atoms with Gasteiger partial charge in [-0.15, -0.1) is 29.9 Å². The number of hydrogen-bond donors (Lipinski definition) is 2. The van der Waals surface area contributed by atoms with Gasteiger partial charge in [0, 0.05) is 48.3 Å². The Bertz CT molecular complexity index is 1870. The number of allylic oxidation sites excluding steroid dienone is 1. The first kappa shape index (κ1) is 45.5.